The number of hydrogen-bond donors (Lipinski definition) is 0. The van der Waals surface area contributed by atoms with Crippen molar-refractivity contribution < 1.29 is 4.79 Å². The van der Waals surface area contributed by atoms with Crippen LogP contribution in [0, 0.1) is 10.8 Å². The summed E-state index contributed by atoms with van der Waals surface area (Å²) in [4.78, 5) is 15.1. The molecule has 0 aromatic heterocycles. The Labute approximate surface area is 132 Å². The standard InChI is InChI=1S/C20H25NO/c22-18-20(11-9-19(7-8-19)10-12-20)13-14-21(18)17-5-3-16(4-6-17)15-1-2-15/h3-6,15H,1-2,7-14H2. The molecule has 2 heteroatoms. The summed E-state index contributed by atoms with van der Waals surface area (Å²) in [5, 5.41) is 0. The Bertz CT molecular complexity index is 599. The molecule has 1 heterocycles. The van der Waals surface area contributed by atoms with E-state index in [9.17, 15) is 4.79 Å². The highest BCUT2D eigenvalue weighted by atomic mass is 16.2. The minimum Gasteiger partial charge on any atom is -0.312 e. The summed E-state index contributed by atoms with van der Waals surface area (Å²) in [5.41, 5.74) is 3.24. The summed E-state index contributed by atoms with van der Waals surface area (Å²) in [6, 6.07) is 8.84. The fourth-order valence-corrected chi connectivity index (χ4v) is 4.81. The van der Waals surface area contributed by atoms with Gasteiger partial charge in [-0.2, -0.15) is 0 Å². The maximum absolute atomic E-state index is 13.1. The van der Waals surface area contributed by atoms with Crippen LogP contribution in [-0.4, -0.2) is 12.5 Å². The van der Waals surface area contributed by atoms with Crippen LogP contribution in [-0.2, 0) is 4.79 Å². The number of amides is 1. The lowest BCUT2D eigenvalue weighted by Gasteiger charge is -2.36. The molecule has 3 aliphatic carbocycles. The van der Waals surface area contributed by atoms with Gasteiger partial charge in [0.05, 0.1) is 5.41 Å². The summed E-state index contributed by atoms with van der Waals surface area (Å²) in [6.45, 7) is 0.925. The maximum atomic E-state index is 13.1. The normalized spacial score (nSPS) is 28.5. The van der Waals surface area contributed by atoms with Crippen LogP contribution in [0.25, 0.3) is 0 Å². The first kappa shape index (κ1) is 13.2. The molecule has 1 aromatic rings. The van der Waals surface area contributed by atoms with Crippen molar-refractivity contribution in [2.24, 2.45) is 10.8 Å². The van der Waals surface area contributed by atoms with Crippen LogP contribution in [0.15, 0.2) is 24.3 Å². The highest BCUT2D eigenvalue weighted by Crippen LogP contribution is 2.61. The molecule has 1 aromatic carbocycles. The molecule has 5 rings (SSSR count). The van der Waals surface area contributed by atoms with E-state index in [1.54, 1.807) is 0 Å². The second-order valence-corrected chi connectivity index (χ2v) is 8.35. The van der Waals surface area contributed by atoms with Gasteiger partial charge in [0.15, 0.2) is 0 Å². The molecule has 2 spiro atoms. The smallest absolute Gasteiger partial charge is 0.233 e. The van der Waals surface area contributed by atoms with Crippen LogP contribution >= 0.6 is 0 Å². The third-order valence-electron chi connectivity index (χ3n) is 6.99. The Balaban J connectivity index is 1.34. The van der Waals surface area contributed by atoms with Crippen molar-refractivity contribution in [3.63, 3.8) is 0 Å². The third kappa shape index (κ3) is 1.96. The van der Waals surface area contributed by atoms with Gasteiger partial charge in [-0.3, -0.25) is 4.79 Å². The molecule has 4 fully saturated rings. The number of rotatable bonds is 2. The lowest BCUT2D eigenvalue weighted by molar-refractivity contribution is -0.127. The van der Waals surface area contributed by atoms with Crippen molar-refractivity contribution in [1.82, 2.24) is 0 Å². The average Bonchev–Trinajstić information content (AvgIpc) is 3.47. The van der Waals surface area contributed by atoms with E-state index in [1.807, 2.05) is 0 Å². The molecule has 0 radical (unpaired) electrons. The molecule has 0 bridgehead atoms. The Morgan fingerprint density at radius 1 is 0.864 bits per heavy atom. The zero-order chi connectivity index (χ0) is 14.8. The molecule has 3 saturated carbocycles. The van der Waals surface area contributed by atoms with Crippen molar-refractivity contribution in [2.75, 3.05) is 11.4 Å². The van der Waals surface area contributed by atoms with Gasteiger partial charge in [0.1, 0.15) is 0 Å². The number of anilines is 1. The van der Waals surface area contributed by atoms with Crippen LogP contribution in [0.3, 0.4) is 0 Å². The second-order valence-electron chi connectivity index (χ2n) is 8.35. The molecule has 0 N–H and O–H groups in total. The Morgan fingerprint density at radius 3 is 2.09 bits per heavy atom. The number of hydrogen-bond acceptors (Lipinski definition) is 1. The summed E-state index contributed by atoms with van der Waals surface area (Å²) in [7, 11) is 0. The topological polar surface area (TPSA) is 20.3 Å². The van der Waals surface area contributed by atoms with Crippen LogP contribution in [0.4, 0.5) is 5.69 Å². The van der Waals surface area contributed by atoms with E-state index in [0.717, 1.165) is 37.4 Å². The average molecular weight is 295 g/mol. The van der Waals surface area contributed by atoms with E-state index in [4.69, 9.17) is 0 Å². The van der Waals surface area contributed by atoms with Crippen molar-refractivity contribution in [2.45, 2.75) is 63.7 Å². The zero-order valence-corrected chi connectivity index (χ0v) is 13.3. The molecule has 1 amide bonds. The van der Waals surface area contributed by atoms with Crippen LogP contribution < -0.4 is 4.90 Å². The first-order valence-electron chi connectivity index (χ1n) is 9.12. The van der Waals surface area contributed by atoms with Gasteiger partial charge in [0.2, 0.25) is 5.91 Å². The van der Waals surface area contributed by atoms with Gasteiger partial charge in [-0.15, -0.1) is 0 Å². The van der Waals surface area contributed by atoms with Crippen molar-refractivity contribution >= 4 is 11.6 Å². The maximum Gasteiger partial charge on any atom is 0.233 e. The number of nitrogens with zero attached hydrogens (tertiary/aromatic N) is 1. The highest BCUT2D eigenvalue weighted by molar-refractivity contribution is 6.00. The molecular formula is C20H25NO. The third-order valence-corrected chi connectivity index (χ3v) is 6.99. The van der Waals surface area contributed by atoms with E-state index < -0.39 is 0 Å². The summed E-state index contributed by atoms with van der Waals surface area (Å²) in [6.07, 6.45) is 11.5. The van der Waals surface area contributed by atoms with E-state index in [-0.39, 0.29) is 5.41 Å². The largest absolute Gasteiger partial charge is 0.312 e. The first-order chi connectivity index (χ1) is 10.7. The fourth-order valence-electron chi connectivity index (χ4n) is 4.81. The monoisotopic (exact) mass is 295 g/mol. The van der Waals surface area contributed by atoms with E-state index in [0.29, 0.717) is 11.3 Å². The van der Waals surface area contributed by atoms with Crippen molar-refractivity contribution in [3.05, 3.63) is 29.8 Å². The molecule has 116 valence electrons. The fraction of sp³-hybridized carbons (Fsp3) is 0.650. The summed E-state index contributed by atoms with van der Waals surface area (Å²) < 4.78 is 0. The van der Waals surface area contributed by atoms with E-state index in [1.165, 1.54) is 44.1 Å². The lowest BCUT2D eigenvalue weighted by Crippen LogP contribution is -2.37. The molecule has 22 heavy (non-hydrogen) atoms. The first-order valence-corrected chi connectivity index (χ1v) is 9.12. The molecule has 1 saturated heterocycles. The minimum atomic E-state index is -0.0109. The Hall–Kier alpha value is -1.31. The molecular weight excluding hydrogens is 270 g/mol. The molecule has 4 aliphatic rings. The second kappa shape index (κ2) is 4.37. The van der Waals surface area contributed by atoms with Gasteiger partial charge in [-0.05, 0) is 86.8 Å². The van der Waals surface area contributed by atoms with E-state index >= 15 is 0 Å². The van der Waals surface area contributed by atoms with Crippen molar-refractivity contribution in [1.29, 1.82) is 0 Å². The van der Waals surface area contributed by atoms with Gasteiger partial charge in [-0.1, -0.05) is 12.1 Å². The Kier molecular flexibility index (Phi) is 2.61. The van der Waals surface area contributed by atoms with Crippen LogP contribution in [0.5, 0.6) is 0 Å². The van der Waals surface area contributed by atoms with Crippen LogP contribution in [0.2, 0.25) is 0 Å². The molecule has 0 atom stereocenters. The minimum absolute atomic E-state index is 0.0109. The van der Waals surface area contributed by atoms with Gasteiger partial charge < -0.3 is 4.90 Å². The number of carbonyl (C=O) groups is 1. The molecule has 0 unspecified atom stereocenters. The SMILES string of the molecule is O=C1N(c2ccc(C3CC3)cc2)CCC12CCC1(CC1)CC2. The van der Waals surface area contributed by atoms with Gasteiger partial charge >= 0.3 is 0 Å². The number of carbonyl (C=O) groups excluding carboxylic acids is 1. The Morgan fingerprint density at radius 2 is 1.50 bits per heavy atom. The predicted molar refractivity (Wildman–Crippen MR) is 88.0 cm³/mol. The molecule has 1 aliphatic heterocycles. The lowest BCUT2D eigenvalue weighted by atomic mass is 9.68. The molecule has 2 nitrogen and oxygen atoms in total. The van der Waals surface area contributed by atoms with Gasteiger partial charge in [0, 0.05) is 12.2 Å². The zero-order valence-electron chi connectivity index (χ0n) is 13.3. The van der Waals surface area contributed by atoms with Gasteiger partial charge in [-0.25, -0.2) is 0 Å². The van der Waals surface area contributed by atoms with Crippen molar-refractivity contribution in [3.8, 4) is 0 Å². The highest BCUT2D eigenvalue weighted by Gasteiger charge is 2.55. The number of benzene rings is 1. The van der Waals surface area contributed by atoms with Crippen LogP contribution in [0.1, 0.15) is 69.3 Å². The quantitative estimate of drug-likeness (QED) is 0.778. The predicted octanol–water partition coefficient (Wildman–Crippen LogP) is 4.64. The van der Waals surface area contributed by atoms with Gasteiger partial charge in [0.25, 0.3) is 0 Å². The summed E-state index contributed by atoms with van der Waals surface area (Å²) >= 11 is 0. The van der Waals surface area contributed by atoms with E-state index in [2.05, 4.69) is 29.2 Å². The summed E-state index contributed by atoms with van der Waals surface area (Å²) in [5.74, 6) is 1.21.